The molecule has 0 unspecified atom stereocenters. The number of unbranched alkanes of at least 4 members (excludes halogenated alkanes) is 15. The topological polar surface area (TPSA) is 133 Å². The van der Waals surface area contributed by atoms with E-state index in [0.717, 1.165) is 51.4 Å². The Hall–Kier alpha value is -2.12. The maximum atomic E-state index is 12.4. The second-order valence-electron chi connectivity index (χ2n) is 12.3. The predicted octanol–water partition coefficient (Wildman–Crippen LogP) is 7.24. The Balaban J connectivity index is 1.87. The van der Waals surface area contributed by atoms with Crippen molar-refractivity contribution < 1.29 is 29.4 Å². The zero-order valence-corrected chi connectivity index (χ0v) is 25.9. The highest BCUT2D eigenvalue weighted by Gasteiger charge is 2.27. The smallest absolute Gasteiger partial charge is 0.308 e. The van der Waals surface area contributed by atoms with Gasteiger partial charge in [-0.2, -0.15) is 0 Å². The Morgan fingerprint density at radius 3 is 1.49 bits per heavy atom. The Bertz CT molecular complexity index is 721. The lowest BCUT2D eigenvalue weighted by molar-refractivity contribution is -0.142. The van der Waals surface area contributed by atoms with Crippen molar-refractivity contribution in [3.8, 4) is 0 Å². The highest BCUT2D eigenvalue weighted by Crippen LogP contribution is 2.28. The van der Waals surface area contributed by atoms with Crippen molar-refractivity contribution in [1.82, 2.24) is 10.6 Å². The summed E-state index contributed by atoms with van der Waals surface area (Å²) >= 11 is 0. The summed E-state index contributed by atoms with van der Waals surface area (Å²) in [6.45, 7) is 2.71. The van der Waals surface area contributed by atoms with E-state index in [0.29, 0.717) is 31.7 Å². The molecule has 0 heterocycles. The Kier molecular flexibility index (Phi) is 22.0. The van der Waals surface area contributed by atoms with E-state index >= 15 is 0 Å². The third-order valence-electron chi connectivity index (χ3n) is 8.71. The summed E-state index contributed by atoms with van der Waals surface area (Å²) in [4.78, 5) is 46.2. The number of nitrogens with one attached hydrogen (secondary N) is 2. The number of aliphatic carboxylic acids is 2. The average molecular weight is 581 g/mol. The van der Waals surface area contributed by atoms with Gasteiger partial charge in [-0.05, 0) is 50.9 Å². The minimum absolute atomic E-state index is 0.0295. The fourth-order valence-corrected chi connectivity index (χ4v) is 5.79. The summed E-state index contributed by atoms with van der Waals surface area (Å²) in [6, 6.07) is 0. The van der Waals surface area contributed by atoms with Crippen molar-refractivity contribution in [2.45, 2.75) is 155 Å². The lowest BCUT2D eigenvalue weighted by atomic mass is 9.81. The molecule has 0 aromatic carbocycles. The number of carbonyl (C=O) groups excluding carboxylic acids is 2. The average Bonchev–Trinajstić information content (AvgIpc) is 2.95. The van der Waals surface area contributed by atoms with Crippen LogP contribution in [-0.2, 0) is 19.2 Å². The molecule has 1 atom stereocenters. The number of amides is 2. The Labute approximate surface area is 249 Å². The van der Waals surface area contributed by atoms with Crippen molar-refractivity contribution >= 4 is 23.8 Å². The largest absolute Gasteiger partial charge is 0.481 e. The number of carboxylic acid groups (broad SMARTS) is 2. The van der Waals surface area contributed by atoms with E-state index in [4.69, 9.17) is 10.2 Å². The van der Waals surface area contributed by atoms with Crippen molar-refractivity contribution in [1.29, 1.82) is 0 Å². The summed E-state index contributed by atoms with van der Waals surface area (Å²) < 4.78 is 0. The molecule has 8 heteroatoms. The first kappa shape index (κ1) is 36.9. The van der Waals surface area contributed by atoms with Gasteiger partial charge in [0.2, 0.25) is 11.8 Å². The van der Waals surface area contributed by atoms with Crippen LogP contribution in [0, 0.1) is 17.8 Å². The van der Waals surface area contributed by atoms with Crippen LogP contribution in [0.3, 0.4) is 0 Å². The first-order chi connectivity index (χ1) is 19.8. The SMILES string of the molecule is CC[C@H](CNC(=O)[C@H]1CC[C@H](CNC(=O)CCCCCCCCCCCCCCCCCCC(=O)O)CC1)C(=O)O. The van der Waals surface area contributed by atoms with Gasteiger partial charge < -0.3 is 20.8 Å². The Morgan fingerprint density at radius 2 is 1.07 bits per heavy atom. The molecule has 0 aromatic heterocycles. The first-order valence-electron chi connectivity index (χ1n) is 16.8. The minimum Gasteiger partial charge on any atom is -0.481 e. The van der Waals surface area contributed by atoms with Crippen molar-refractivity contribution in [2.75, 3.05) is 13.1 Å². The lowest BCUT2D eigenvalue weighted by Gasteiger charge is -2.28. The van der Waals surface area contributed by atoms with Gasteiger partial charge >= 0.3 is 11.9 Å². The van der Waals surface area contributed by atoms with Gasteiger partial charge in [0.05, 0.1) is 5.92 Å². The molecule has 8 nitrogen and oxygen atoms in total. The molecule has 238 valence electrons. The predicted molar refractivity (Wildman–Crippen MR) is 164 cm³/mol. The molecule has 0 aromatic rings. The van der Waals surface area contributed by atoms with E-state index in [-0.39, 0.29) is 24.3 Å². The van der Waals surface area contributed by atoms with Crippen LogP contribution in [0.2, 0.25) is 0 Å². The zero-order valence-electron chi connectivity index (χ0n) is 25.9. The fourth-order valence-electron chi connectivity index (χ4n) is 5.79. The van der Waals surface area contributed by atoms with Crippen molar-refractivity contribution in [3.05, 3.63) is 0 Å². The maximum Gasteiger partial charge on any atom is 0.308 e. The van der Waals surface area contributed by atoms with Crippen molar-refractivity contribution in [2.24, 2.45) is 17.8 Å². The van der Waals surface area contributed by atoms with Gasteiger partial charge in [-0.15, -0.1) is 0 Å². The molecular formula is C33H60N2O6. The lowest BCUT2D eigenvalue weighted by Crippen LogP contribution is -2.39. The molecule has 0 aliphatic heterocycles. The van der Waals surface area contributed by atoms with Gasteiger partial charge in [-0.1, -0.05) is 96.8 Å². The molecule has 1 aliphatic carbocycles. The Morgan fingerprint density at radius 1 is 0.634 bits per heavy atom. The van der Waals surface area contributed by atoms with Crippen LogP contribution in [-0.4, -0.2) is 47.1 Å². The summed E-state index contributed by atoms with van der Waals surface area (Å²) in [6.07, 6.45) is 24.2. The summed E-state index contributed by atoms with van der Waals surface area (Å²) in [5.41, 5.74) is 0. The van der Waals surface area contributed by atoms with Crippen LogP contribution in [0.15, 0.2) is 0 Å². The molecule has 0 radical (unpaired) electrons. The number of hydrogen-bond acceptors (Lipinski definition) is 4. The molecule has 1 saturated carbocycles. The van der Waals surface area contributed by atoms with Crippen molar-refractivity contribution in [3.63, 3.8) is 0 Å². The molecule has 0 spiro atoms. The number of carbonyl (C=O) groups is 4. The maximum absolute atomic E-state index is 12.4. The molecule has 0 bridgehead atoms. The number of hydrogen-bond donors (Lipinski definition) is 4. The molecule has 1 aliphatic rings. The molecular weight excluding hydrogens is 520 g/mol. The minimum atomic E-state index is -0.864. The number of carboxylic acids is 2. The normalized spacial score (nSPS) is 17.6. The van der Waals surface area contributed by atoms with Gasteiger partial charge in [-0.25, -0.2) is 0 Å². The summed E-state index contributed by atoms with van der Waals surface area (Å²) in [5, 5.41) is 23.7. The van der Waals surface area contributed by atoms with E-state index in [1.54, 1.807) is 0 Å². The molecule has 0 saturated heterocycles. The van der Waals surface area contributed by atoms with Crippen LogP contribution in [0.25, 0.3) is 0 Å². The van der Waals surface area contributed by atoms with E-state index in [9.17, 15) is 19.2 Å². The number of rotatable bonds is 26. The van der Waals surface area contributed by atoms with Crippen LogP contribution in [0.5, 0.6) is 0 Å². The van der Waals surface area contributed by atoms with Crippen LogP contribution in [0.4, 0.5) is 0 Å². The van der Waals surface area contributed by atoms with E-state index in [2.05, 4.69) is 10.6 Å². The van der Waals surface area contributed by atoms with E-state index < -0.39 is 17.9 Å². The third-order valence-corrected chi connectivity index (χ3v) is 8.71. The standard InChI is InChI=1S/C33H60N2O6/c1-2-28(33(40)41)26-35-32(39)29-23-21-27(22-24-29)25-34-30(36)19-17-15-13-11-9-7-5-3-4-6-8-10-12-14-16-18-20-31(37)38/h27-29H,2-26H2,1H3,(H,34,36)(H,35,39)(H,37,38)(H,40,41)/t27-,28-,29-/m1/s1. The quantitative estimate of drug-likeness (QED) is 0.0797. The van der Waals surface area contributed by atoms with Crippen LogP contribution in [0.1, 0.15) is 155 Å². The highest BCUT2D eigenvalue weighted by molar-refractivity contribution is 5.79. The zero-order chi connectivity index (χ0) is 30.1. The monoisotopic (exact) mass is 580 g/mol. The molecule has 4 N–H and O–H groups in total. The van der Waals surface area contributed by atoms with Gasteiger partial charge in [0, 0.05) is 31.8 Å². The molecule has 1 fully saturated rings. The summed E-state index contributed by atoms with van der Waals surface area (Å²) in [7, 11) is 0. The van der Waals surface area contributed by atoms with Gasteiger partial charge in [0.25, 0.3) is 0 Å². The molecule has 1 rings (SSSR count). The first-order valence-corrected chi connectivity index (χ1v) is 16.8. The molecule has 41 heavy (non-hydrogen) atoms. The van der Waals surface area contributed by atoms with Gasteiger partial charge in [0.1, 0.15) is 0 Å². The van der Waals surface area contributed by atoms with Crippen LogP contribution >= 0.6 is 0 Å². The summed E-state index contributed by atoms with van der Waals surface area (Å²) in [5.74, 6) is -1.58. The van der Waals surface area contributed by atoms with E-state index in [1.807, 2.05) is 6.92 Å². The fraction of sp³-hybridized carbons (Fsp3) is 0.879. The van der Waals surface area contributed by atoms with E-state index in [1.165, 1.54) is 77.0 Å². The third kappa shape index (κ3) is 20.4. The second kappa shape index (κ2) is 24.5. The van der Waals surface area contributed by atoms with Gasteiger partial charge in [-0.3, -0.25) is 19.2 Å². The second-order valence-corrected chi connectivity index (χ2v) is 12.3. The highest BCUT2D eigenvalue weighted by atomic mass is 16.4. The van der Waals surface area contributed by atoms with Crippen LogP contribution < -0.4 is 10.6 Å². The molecule has 2 amide bonds. The van der Waals surface area contributed by atoms with Gasteiger partial charge in [0.15, 0.2) is 0 Å².